The van der Waals surface area contributed by atoms with E-state index in [0.717, 1.165) is 25.2 Å². The zero-order chi connectivity index (χ0) is 16.3. The van der Waals surface area contributed by atoms with Crippen molar-refractivity contribution in [3.63, 3.8) is 0 Å². The summed E-state index contributed by atoms with van der Waals surface area (Å²) in [4.78, 5) is 1.97. The van der Waals surface area contributed by atoms with Gasteiger partial charge in [0, 0.05) is 13.1 Å². The number of sulfonamides is 1. The second kappa shape index (κ2) is 6.47. The Morgan fingerprint density at radius 2 is 1.74 bits per heavy atom. The Balaban J connectivity index is 1.73. The summed E-state index contributed by atoms with van der Waals surface area (Å²) in [5.74, 6) is 0.267. The molecule has 0 spiro atoms. The first-order chi connectivity index (χ1) is 11.0. The maximum atomic E-state index is 12.9. The van der Waals surface area contributed by atoms with Gasteiger partial charge in [0.15, 0.2) is 11.6 Å². The lowest BCUT2D eigenvalue weighted by Gasteiger charge is -2.27. The molecule has 1 aromatic carbocycles. The summed E-state index contributed by atoms with van der Waals surface area (Å²) in [5, 5.41) is 7.91. The molecule has 7 nitrogen and oxygen atoms in total. The standard InChI is InChI=1S/C14H15FN4O3S/c15-11-1-3-12(4-2-11)23(20,21)18-13-5-6-14(17-16-13)19-7-9-22-10-8-19/h1-6H,7-10H2,(H,16,18). The average molecular weight is 338 g/mol. The predicted molar refractivity (Wildman–Crippen MR) is 82.3 cm³/mol. The molecule has 122 valence electrons. The molecule has 0 bridgehead atoms. The molecule has 1 aliphatic rings. The minimum Gasteiger partial charge on any atom is -0.378 e. The molecule has 1 saturated heterocycles. The van der Waals surface area contributed by atoms with E-state index in [9.17, 15) is 12.8 Å². The molecular formula is C14H15FN4O3S. The maximum absolute atomic E-state index is 12.9. The minimum atomic E-state index is -3.82. The number of benzene rings is 1. The second-order valence-corrected chi connectivity index (χ2v) is 6.62. The maximum Gasteiger partial charge on any atom is 0.263 e. The number of nitrogens with one attached hydrogen (secondary N) is 1. The summed E-state index contributed by atoms with van der Waals surface area (Å²) in [6.07, 6.45) is 0. The summed E-state index contributed by atoms with van der Waals surface area (Å²) < 4.78 is 44.8. The van der Waals surface area contributed by atoms with Crippen molar-refractivity contribution >= 4 is 21.7 Å². The van der Waals surface area contributed by atoms with Crippen molar-refractivity contribution in [1.82, 2.24) is 10.2 Å². The Kier molecular flexibility index (Phi) is 4.39. The fourth-order valence-corrected chi connectivity index (χ4v) is 3.15. The quantitative estimate of drug-likeness (QED) is 0.903. The lowest BCUT2D eigenvalue weighted by atomic mass is 10.4. The van der Waals surface area contributed by atoms with Crippen molar-refractivity contribution < 1.29 is 17.5 Å². The van der Waals surface area contributed by atoms with Crippen LogP contribution >= 0.6 is 0 Å². The Labute approximate surface area is 133 Å². The molecular weight excluding hydrogens is 323 g/mol. The van der Waals surface area contributed by atoms with Crippen molar-refractivity contribution in [3.05, 3.63) is 42.2 Å². The topological polar surface area (TPSA) is 84.4 Å². The smallest absolute Gasteiger partial charge is 0.263 e. The van der Waals surface area contributed by atoms with Crippen LogP contribution in [-0.4, -0.2) is 44.9 Å². The fraction of sp³-hybridized carbons (Fsp3) is 0.286. The number of ether oxygens (including phenoxy) is 1. The molecule has 0 atom stereocenters. The van der Waals surface area contributed by atoms with Crippen LogP contribution in [0.3, 0.4) is 0 Å². The molecule has 1 aliphatic heterocycles. The van der Waals surface area contributed by atoms with E-state index in [1.165, 1.54) is 12.1 Å². The van der Waals surface area contributed by atoms with Crippen LogP contribution in [0.25, 0.3) is 0 Å². The van der Waals surface area contributed by atoms with Gasteiger partial charge >= 0.3 is 0 Å². The third-order valence-electron chi connectivity index (χ3n) is 3.35. The third-order valence-corrected chi connectivity index (χ3v) is 4.72. The Morgan fingerprint density at radius 1 is 1.04 bits per heavy atom. The lowest BCUT2D eigenvalue weighted by Crippen LogP contribution is -2.36. The third kappa shape index (κ3) is 3.74. The molecule has 3 rings (SSSR count). The zero-order valence-electron chi connectivity index (χ0n) is 12.1. The number of halogens is 1. The molecule has 0 unspecified atom stereocenters. The monoisotopic (exact) mass is 338 g/mol. The zero-order valence-corrected chi connectivity index (χ0v) is 13.0. The average Bonchev–Trinajstić information content (AvgIpc) is 2.56. The molecule has 2 heterocycles. The summed E-state index contributed by atoms with van der Waals surface area (Å²) in [5.41, 5.74) is 0. The largest absolute Gasteiger partial charge is 0.378 e. The molecule has 0 radical (unpaired) electrons. The second-order valence-electron chi connectivity index (χ2n) is 4.94. The SMILES string of the molecule is O=S(=O)(Nc1ccc(N2CCOCC2)nn1)c1ccc(F)cc1. The van der Waals surface area contributed by atoms with Gasteiger partial charge in [-0.2, -0.15) is 0 Å². The lowest BCUT2D eigenvalue weighted by molar-refractivity contribution is 0.122. The van der Waals surface area contributed by atoms with Gasteiger partial charge in [0.05, 0.1) is 18.1 Å². The van der Waals surface area contributed by atoms with E-state index < -0.39 is 15.8 Å². The van der Waals surface area contributed by atoms with Crippen molar-refractivity contribution in [2.24, 2.45) is 0 Å². The highest BCUT2D eigenvalue weighted by molar-refractivity contribution is 7.92. The van der Waals surface area contributed by atoms with Gasteiger partial charge in [-0.3, -0.25) is 4.72 Å². The van der Waals surface area contributed by atoms with E-state index in [-0.39, 0.29) is 10.7 Å². The van der Waals surface area contributed by atoms with Crippen LogP contribution in [0.5, 0.6) is 0 Å². The van der Waals surface area contributed by atoms with Gasteiger partial charge in [-0.05, 0) is 36.4 Å². The first-order valence-electron chi connectivity index (χ1n) is 6.99. The van der Waals surface area contributed by atoms with Gasteiger partial charge in [0.1, 0.15) is 5.82 Å². The molecule has 1 fully saturated rings. The normalized spacial score (nSPS) is 15.4. The number of anilines is 2. The molecule has 1 aromatic heterocycles. The van der Waals surface area contributed by atoms with E-state index in [1.54, 1.807) is 12.1 Å². The highest BCUT2D eigenvalue weighted by Gasteiger charge is 2.16. The molecule has 23 heavy (non-hydrogen) atoms. The van der Waals surface area contributed by atoms with Crippen LogP contribution in [0.15, 0.2) is 41.3 Å². The highest BCUT2D eigenvalue weighted by atomic mass is 32.2. The van der Waals surface area contributed by atoms with Gasteiger partial charge < -0.3 is 9.64 Å². The number of aromatic nitrogens is 2. The number of nitrogens with zero attached hydrogens (tertiary/aromatic N) is 3. The molecule has 0 aliphatic carbocycles. The Bertz CT molecular complexity index is 760. The van der Waals surface area contributed by atoms with E-state index >= 15 is 0 Å². The van der Waals surface area contributed by atoms with Crippen LogP contribution in [0.4, 0.5) is 16.0 Å². The Hall–Kier alpha value is -2.26. The van der Waals surface area contributed by atoms with Crippen LogP contribution in [0.1, 0.15) is 0 Å². The number of hydrogen-bond donors (Lipinski definition) is 1. The van der Waals surface area contributed by atoms with Gasteiger partial charge in [-0.1, -0.05) is 0 Å². The van der Waals surface area contributed by atoms with E-state index in [1.807, 2.05) is 4.90 Å². The number of morpholine rings is 1. The van der Waals surface area contributed by atoms with Crippen LogP contribution in [-0.2, 0) is 14.8 Å². The first-order valence-corrected chi connectivity index (χ1v) is 8.48. The highest BCUT2D eigenvalue weighted by Crippen LogP contribution is 2.17. The fourth-order valence-electron chi connectivity index (χ4n) is 2.15. The van der Waals surface area contributed by atoms with E-state index in [0.29, 0.717) is 19.0 Å². The van der Waals surface area contributed by atoms with E-state index in [2.05, 4.69) is 14.9 Å². The minimum absolute atomic E-state index is 0.0436. The van der Waals surface area contributed by atoms with Crippen molar-refractivity contribution in [2.45, 2.75) is 4.90 Å². The van der Waals surface area contributed by atoms with Crippen molar-refractivity contribution in [3.8, 4) is 0 Å². The van der Waals surface area contributed by atoms with Crippen LogP contribution < -0.4 is 9.62 Å². The molecule has 1 N–H and O–H groups in total. The predicted octanol–water partition coefficient (Wildman–Crippen LogP) is 1.25. The summed E-state index contributed by atoms with van der Waals surface area (Å²) >= 11 is 0. The summed E-state index contributed by atoms with van der Waals surface area (Å²) in [6, 6.07) is 7.78. The van der Waals surface area contributed by atoms with Gasteiger partial charge in [0.25, 0.3) is 10.0 Å². The van der Waals surface area contributed by atoms with Crippen LogP contribution in [0.2, 0.25) is 0 Å². The van der Waals surface area contributed by atoms with Gasteiger partial charge in [-0.15, -0.1) is 10.2 Å². The molecule has 0 saturated carbocycles. The molecule has 2 aromatic rings. The summed E-state index contributed by atoms with van der Waals surface area (Å²) in [7, 11) is -3.82. The summed E-state index contributed by atoms with van der Waals surface area (Å²) in [6.45, 7) is 2.69. The molecule has 0 amide bonds. The van der Waals surface area contributed by atoms with E-state index in [4.69, 9.17) is 4.74 Å². The van der Waals surface area contributed by atoms with Gasteiger partial charge in [0.2, 0.25) is 0 Å². The molecule has 9 heteroatoms. The number of hydrogen-bond acceptors (Lipinski definition) is 6. The van der Waals surface area contributed by atoms with Crippen LogP contribution in [0, 0.1) is 5.82 Å². The Morgan fingerprint density at radius 3 is 2.35 bits per heavy atom. The van der Waals surface area contributed by atoms with Gasteiger partial charge in [-0.25, -0.2) is 12.8 Å². The first kappa shape index (κ1) is 15.6. The number of rotatable bonds is 4. The van der Waals surface area contributed by atoms with Crippen molar-refractivity contribution in [1.29, 1.82) is 0 Å². The van der Waals surface area contributed by atoms with Crippen molar-refractivity contribution in [2.75, 3.05) is 35.9 Å².